The lowest BCUT2D eigenvalue weighted by molar-refractivity contribution is -0.0418. The smallest absolute Gasteiger partial charge is 0.110 e. The van der Waals surface area contributed by atoms with E-state index in [4.69, 9.17) is 0 Å². The first kappa shape index (κ1) is 23.4. The van der Waals surface area contributed by atoms with E-state index in [0.29, 0.717) is 11.1 Å². The first-order valence-corrected chi connectivity index (χ1v) is 17.1. The molecular weight excluding hydrogens is 563 g/mol. The van der Waals surface area contributed by atoms with E-state index >= 15 is 0 Å². The van der Waals surface area contributed by atoms with Crippen molar-refractivity contribution in [3.8, 4) is 28.3 Å². The van der Waals surface area contributed by atoms with Crippen molar-refractivity contribution in [1.82, 2.24) is 4.57 Å². The molecule has 4 aliphatic carbocycles. The molecule has 2 aliphatic heterocycles. The van der Waals surface area contributed by atoms with Gasteiger partial charge in [0.2, 0.25) is 0 Å². The Hall–Kier alpha value is -4.03. The molecule has 5 heteroatoms. The number of hydrogen-bond donors (Lipinski definition) is 0. The second kappa shape index (κ2) is 7.72. The number of aromatic nitrogens is 1. The van der Waals surface area contributed by atoms with E-state index in [9.17, 15) is 10.5 Å². The van der Waals surface area contributed by atoms with Gasteiger partial charge in [0.1, 0.15) is 4.83 Å². The highest BCUT2D eigenvalue weighted by molar-refractivity contribution is 8.00. The lowest BCUT2D eigenvalue weighted by Gasteiger charge is -2.63. The van der Waals surface area contributed by atoms with Crippen LogP contribution in [-0.4, -0.2) is 4.57 Å². The molecule has 0 unspecified atom stereocenters. The van der Waals surface area contributed by atoms with Crippen LogP contribution in [0.25, 0.3) is 48.0 Å². The van der Waals surface area contributed by atoms with Crippen molar-refractivity contribution in [2.45, 2.75) is 47.3 Å². The number of hydrogen-bond acceptors (Lipinski definition) is 4. The molecule has 0 N–H and O–H groups in total. The number of benzene rings is 4. The molecule has 4 saturated carbocycles. The van der Waals surface area contributed by atoms with Gasteiger partial charge in [0.25, 0.3) is 0 Å². The Morgan fingerprint density at radius 3 is 2.26 bits per heavy atom. The maximum Gasteiger partial charge on any atom is 0.110 e. The van der Waals surface area contributed by atoms with Crippen molar-refractivity contribution in [3.63, 3.8) is 0 Å². The van der Waals surface area contributed by atoms with E-state index < -0.39 is 0 Å². The second-order valence-electron chi connectivity index (χ2n) is 13.5. The Morgan fingerprint density at radius 2 is 1.47 bits per heavy atom. The average Bonchev–Trinajstić information content (AvgIpc) is 3.56. The summed E-state index contributed by atoms with van der Waals surface area (Å²) in [5.74, 6) is 3.27. The molecule has 2 aromatic heterocycles. The van der Waals surface area contributed by atoms with Gasteiger partial charge in [-0.25, -0.2) is 0 Å². The molecule has 1 spiro atoms. The lowest BCUT2D eigenvalue weighted by Crippen LogP contribution is -2.57. The van der Waals surface area contributed by atoms with E-state index in [1.807, 2.05) is 29.2 Å². The highest BCUT2D eigenvalue weighted by Gasteiger charge is 2.61. The van der Waals surface area contributed by atoms with Crippen molar-refractivity contribution in [2.75, 3.05) is 0 Å². The standard InChI is InChI=1S/C38H25N3S2/c39-17-21-16-22(18-40)31-32-25(21)5-4-10-30(32)42-36-33-26-6-3-8-28-34(26)41(37(33)43-35(31)36)29-9-2-1-7-27(29)38(28)23-12-19-11-20(14-23)15-24(38)13-19/h1-10,16,19-20,23-24H,11-15H2. The molecule has 12 rings (SSSR count). The van der Waals surface area contributed by atoms with Crippen LogP contribution in [0, 0.1) is 46.3 Å². The average molecular weight is 588 g/mol. The van der Waals surface area contributed by atoms with Gasteiger partial charge in [0.15, 0.2) is 0 Å². The molecule has 0 saturated heterocycles. The third-order valence-electron chi connectivity index (χ3n) is 11.8. The van der Waals surface area contributed by atoms with Gasteiger partial charge in [0.05, 0.1) is 39.3 Å². The fraction of sp³-hybridized carbons (Fsp3) is 0.263. The Labute approximate surface area is 257 Å². The van der Waals surface area contributed by atoms with E-state index in [1.165, 1.54) is 68.7 Å². The molecule has 0 radical (unpaired) electrons. The van der Waals surface area contributed by atoms with Crippen LogP contribution in [-0.2, 0) is 5.41 Å². The first-order chi connectivity index (χ1) is 21.2. The summed E-state index contributed by atoms with van der Waals surface area (Å²) in [7, 11) is 0. The van der Waals surface area contributed by atoms with Gasteiger partial charge in [-0.3, -0.25) is 0 Å². The predicted molar refractivity (Wildman–Crippen MR) is 173 cm³/mol. The largest absolute Gasteiger partial charge is 0.300 e. The highest BCUT2D eigenvalue weighted by Crippen LogP contribution is 2.68. The van der Waals surface area contributed by atoms with Crippen LogP contribution in [0.3, 0.4) is 0 Å². The van der Waals surface area contributed by atoms with Gasteiger partial charge in [-0.2, -0.15) is 10.5 Å². The van der Waals surface area contributed by atoms with Crippen molar-refractivity contribution >= 4 is 55.0 Å². The maximum absolute atomic E-state index is 10.3. The summed E-state index contributed by atoms with van der Waals surface area (Å²) < 4.78 is 2.59. The molecule has 4 bridgehead atoms. The van der Waals surface area contributed by atoms with Crippen LogP contribution in [0.2, 0.25) is 0 Å². The number of fused-ring (bicyclic) bond motifs is 8. The van der Waals surface area contributed by atoms with Gasteiger partial charge in [-0.1, -0.05) is 60.3 Å². The number of nitrogens with zero attached hydrogens (tertiary/aromatic N) is 3. The van der Waals surface area contributed by atoms with Crippen LogP contribution >= 0.6 is 23.1 Å². The van der Waals surface area contributed by atoms with Crippen molar-refractivity contribution in [1.29, 1.82) is 10.5 Å². The zero-order chi connectivity index (χ0) is 28.2. The predicted octanol–water partition coefficient (Wildman–Crippen LogP) is 9.93. The Bertz CT molecular complexity index is 2350. The number of thiophene rings is 1. The fourth-order valence-electron chi connectivity index (χ4n) is 10.7. The van der Waals surface area contributed by atoms with Gasteiger partial charge in [-0.05, 0) is 85.1 Å². The van der Waals surface area contributed by atoms with E-state index in [-0.39, 0.29) is 5.41 Å². The van der Waals surface area contributed by atoms with Gasteiger partial charge < -0.3 is 4.57 Å². The number of rotatable bonds is 0. The summed E-state index contributed by atoms with van der Waals surface area (Å²) in [5, 5.41) is 24.9. The molecule has 6 aromatic rings. The topological polar surface area (TPSA) is 52.5 Å². The van der Waals surface area contributed by atoms with Crippen molar-refractivity contribution in [3.05, 3.63) is 89.0 Å². The summed E-state index contributed by atoms with van der Waals surface area (Å²) >= 11 is 3.66. The summed E-state index contributed by atoms with van der Waals surface area (Å²) in [6, 6.07) is 29.3. The third kappa shape index (κ3) is 2.54. The van der Waals surface area contributed by atoms with Crippen LogP contribution in [0.1, 0.15) is 54.4 Å². The monoisotopic (exact) mass is 587 g/mol. The summed E-state index contributed by atoms with van der Waals surface area (Å²) in [4.78, 5) is 4.85. The summed E-state index contributed by atoms with van der Waals surface area (Å²) in [5.41, 5.74) is 8.16. The number of nitriles is 2. The first-order valence-electron chi connectivity index (χ1n) is 15.5. The minimum absolute atomic E-state index is 0.104. The lowest BCUT2D eigenvalue weighted by atomic mass is 9.41. The molecule has 6 aliphatic rings. The second-order valence-corrected chi connectivity index (χ2v) is 15.6. The van der Waals surface area contributed by atoms with Gasteiger partial charge in [0, 0.05) is 42.3 Å². The highest BCUT2D eigenvalue weighted by atomic mass is 32.2. The Balaban J connectivity index is 1.28. The third-order valence-corrected chi connectivity index (χ3v) is 14.3. The van der Waals surface area contributed by atoms with E-state index in [0.717, 1.165) is 44.9 Å². The van der Waals surface area contributed by atoms with Crippen LogP contribution in [0.15, 0.2) is 76.5 Å². The minimum Gasteiger partial charge on any atom is -0.300 e. The minimum atomic E-state index is 0.104. The zero-order valence-corrected chi connectivity index (χ0v) is 25.0. The Kier molecular flexibility index (Phi) is 4.21. The molecule has 43 heavy (non-hydrogen) atoms. The molecule has 4 heterocycles. The normalized spacial score (nSPS) is 27.0. The van der Waals surface area contributed by atoms with Crippen molar-refractivity contribution in [2.24, 2.45) is 23.7 Å². The molecule has 0 atom stereocenters. The van der Waals surface area contributed by atoms with Crippen molar-refractivity contribution < 1.29 is 0 Å². The quantitative estimate of drug-likeness (QED) is 0.177. The molecule has 4 aromatic carbocycles. The van der Waals surface area contributed by atoms with Gasteiger partial charge in [-0.15, -0.1) is 11.3 Å². The molecule has 0 amide bonds. The number of para-hydroxylation sites is 2. The molecule has 3 nitrogen and oxygen atoms in total. The SMILES string of the molecule is N#Cc1cc(C#N)c2cccc3c2c1-c1sc2c(c1S3)c1cccc3c1n2-c1ccccc1C31C2CC3CC(C2)CC1C3. The van der Waals surface area contributed by atoms with Gasteiger partial charge >= 0.3 is 0 Å². The van der Waals surface area contributed by atoms with E-state index in [2.05, 4.69) is 71.3 Å². The molecule has 204 valence electrons. The van der Waals surface area contributed by atoms with Crippen LogP contribution in [0.4, 0.5) is 0 Å². The van der Waals surface area contributed by atoms with Crippen LogP contribution in [0.5, 0.6) is 0 Å². The fourth-order valence-corrected chi connectivity index (χ4v) is 13.5. The summed E-state index contributed by atoms with van der Waals surface area (Å²) in [6.45, 7) is 0. The molecular formula is C38H25N3S2. The van der Waals surface area contributed by atoms with E-state index in [1.54, 1.807) is 17.2 Å². The van der Waals surface area contributed by atoms with Crippen LogP contribution < -0.4 is 0 Å². The molecule has 4 fully saturated rings. The summed E-state index contributed by atoms with van der Waals surface area (Å²) in [6.07, 6.45) is 6.96. The zero-order valence-electron chi connectivity index (χ0n) is 23.4. The maximum atomic E-state index is 10.3. The Morgan fingerprint density at radius 1 is 0.744 bits per heavy atom.